The summed E-state index contributed by atoms with van der Waals surface area (Å²) in [5.74, 6) is 0. The van der Waals surface area contributed by atoms with E-state index >= 15 is 0 Å². The topological polar surface area (TPSA) is 46.0 Å². The number of aryl methyl sites for hydroxylation is 1. The van der Waals surface area contributed by atoms with Gasteiger partial charge in [0.1, 0.15) is 0 Å². The number of nitrogens with zero attached hydrogens (tertiary/aromatic N) is 4. The van der Waals surface area contributed by atoms with Crippen molar-refractivity contribution < 1.29 is 0 Å². The minimum absolute atomic E-state index is 0.553. The molecule has 0 bridgehead atoms. The van der Waals surface area contributed by atoms with Gasteiger partial charge in [0.2, 0.25) is 0 Å². The summed E-state index contributed by atoms with van der Waals surface area (Å²) in [4.78, 5) is 2.57. The molecule has 1 aliphatic rings. The lowest BCUT2D eigenvalue weighted by Gasteiger charge is -2.39. The molecule has 0 aromatic carbocycles. The van der Waals surface area contributed by atoms with Crippen molar-refractivity contribution in [3.63, 3.8) is 0 Å². The fraction of sp³-hybridized carbons (Fsp3) is 0.857. The van der Waals surface area contributed by atoms with Crippen LogP contribution in [0.1, 0.15) is 45.2 Å². The molecule has 0 spiro atoms. The molecule has 1 aromatic heterocycles. The predicted octanol–water partition coefficient (Wildman–Crippen LogP) is 1.56. The van der Waals surface area contributed by atoms with Crippen LogP contribution < -0.4 is 5.32 Å². The average molecular weight is 265 g/mol. The molecular weight excluding hydrogens is 238 g/mol. The normalized spacial score (nSPS) is 22.6. The Kier molecular flexibility index (Phi) is 5.34. The number of aromatic nitrogens is 3. The molecule has 0 saturated carbocycles. The zero-order chi connectivity index (χ0) is 13.7. The average Bonchev–Trinajstić information content (AvgIpc) is 2.82. The molecule has 5 nitrogen and oxygen atoms in total. The minimum atomic E-state index is 0.553. The highest BCUT2D eigenvalue weighted by atomic mass is 15.4. The molecule has 2 atom stereocenters. The summed E-state index contributed by atoms with van der Waals surface area (Å²) in [6, 6.07) is 1.18. The summed E-state index contributed by atoms with van der Waals surface area (Å²) in [7, 11) is 1.93. The highest BCUT2D eigenvalue weighted by molar-refractivity contribution is 4.95. The van der Waals surface area contributed by atoms with E-state index in [0.717, 1.165) is 18.8 Å². The van der Waals surface area contributed by atoms with Gasteiger partial charge in [-0.1, -0.05) is 18.6 Å². The van der Waals surface area contributed by atoms with Crippen LogP contribution in [0.4, 0.5) is 0 Å². The van der Waals surface area contributed by atoms with Gasteiger partial charge >= 0.3 is 0 Å². The predicted molar refractivity (Wildman–Crippen MR) is 76.8 cm³/mol. The van der Waals surface area contributed by atoms with Crippen LogP contribution in [-0.2, 0) is 13.6 Å². The molecular formula is C14H27N5. The molecule has 19 heavy (non-hydrogen) atoms. The number of nitrogens with one attached hydrogen (secondary N) is 1. The van der Waals surface area contributed by atoms with Crippen LogP contribution in [-0.4, -0.2) is 45.1 Å². The molecule has 2 unspecified atom stereocenters. The van der Waals surface area contributed by atoms with Gasteiger partial charge in [-0.05, 0) is 39.3 Å². The maximum Gasteiger partial charge on any atom is 0.0967 e. The van der Waals surface area contributed by atoms with Crippen LogP contribution in [0.2, 0.25) is 0 Å². The zero-order valence-electron chi connectivity index (χ0n) is 12.5. The van der Waals surface area contributed by atoms with E-state index < -0.39 is 0 Å². The van der Waals surface area contributed by atoms with Crippen molar-refractivity contribution in [2.24, 2.45) is 7.05 Å². The summed E-state index contributed by atoms with van der Waals surface area (Å²) in [5.41, 5.74) is 1.08. The summed E-state index contributed by atoms with van der Waals surface area (Å²) >= 11 is 0. The van der Waals surface area contributed by atoms with Crippen molar-refractivity contribution in [3.8, 4) is 0 Å². The van der Waals surface area contributed by atoms with Gasteiger partial charge in [-0.2, -0.15) is 0 Å². The Morgan fingerprint density at radius 3 is 3.00 bits per heavy atom. The summed E-state index contributed by atoms with van der Waals surface area (Å²) in [6.07, 6.45) is 7.16. The Morgan fingerprint density at radius 2 is 2.32 bits per heavy atom. The van der Waals surface area contributed by atoms with E-state index in [0.29, 0.717) is 12.1 Å². The van der Waals surface area contributed by atoms with E-state index in [1.54, 1.807) is 4.68 Å². The zero-order valence-corrected chi connectivity index (χ0v) is 12.5. The molecule has 0 aliphatic carbocycles. The Balaban J connectivity index is 1.95. The van der Waals surface area contributed by atoms with Crippen molar-refractivity contribution >= 4 is 0 Å². The van der Waals surface area contributed by atoms with Gasteiger partial charge in [-0.3, -0.25) is 9.58 Å². The molecule has 108 valence electrons. The highest BCUT2D eigenvalue weighted by Crippen LogP contribution is 2.21. The third-order valence-electron chi connectivity index (χ3n) is 3.97. The van der Waals surface area contributed by atoms with E-state index in [1.807, 2.05) is 13.2 Å². The maximum atomic E-state index is 4.22. The molecule has 0 radical (unpaired) electrons. The summed E-state index contributed by atoms with van der Waals surface area (Å²) in [5, 5.41) is 11.9. The number of hydrogen-bond donors (Lipinski definition) is 1. The molecule has 5 heteroatoms. The van der Waals surface area contributed by atoms with Gasteiger partial charge in [0.25, 0.3) is 0 Å². The molecule has 1 aromatic rings. The number of likely N-dealkylation sites (tertiary alicyclic amines) is 1. The van der Waals surface area contributed by atoms with Crippen molar-refractivity contribution in [1.29, 1.82) is 0 Å². The van der Waals surface area contributed by atoms with Crippen LogP contribution in [0.25, 0.3) is 0 Å². The van der Waals surface area contributed by atoms with Crippen LogP contribution in [0, 0.1) is 0 Å². The van der Waals surface area contributed by atoms with Crippen molar-refractivity contribution in [3.05, 3.63) is 11.9 Å². The Morgan fingerprint density at radius 1 is 1.47 bits per heavy atom. The van der Waals surface area contributed by atoms with E-state index in [9.17, 15) is 0 Å². The minimum Gasteiger partial charge on any atom is -0.313 e. The van der Waals surface area contributed by atoms with Gasteiger partial charge in [0.05, 0.1) is 5.69 Å². The van der Waals surface area contributed by atoms with Gasteiger partial charge in [-0.25, -0.2) is 0 Å². The molecule has 2 heterocycles. The van der Waals surface area contributed by atoms with E-state index in [1.165, 1.54) is 32.2 Å². The first-order chi connectivity index (χ1) is 9.20. The number of hydrogen-bond acceptors (Lipinski definition) is 4. The molecule has 1 N–H and O–H groups in total. The second-order valence-corrected chi connectivity index (χ2v) is 5.66. The molecule has 1 saturated heterocycles. The van der Waals surface area contributed by atoms with Crippen LogP contribution in [0.15, 0.2) is 6.20 Å². The smallest absolute Gasteiger partial charge is 0.0967 e. The lowest BCUT2D eigenvalue weighted by atomic mass is 9.96. The largest absolute Gasteiger partial charge is 0.313 e. The lowest BCUT2D eigenvalue weighted by Crippen LogP contribution is -2.50. The summed E-state index contributed by atoms with van der Waals surface area (Å²) in [6.45, 7) is 7.75. The number of rotatable bonds is 6. The molecule has 2 rings (SSSR count). The standard InChI is InChI=1S/C14H27N5/c1-4-8-15-12(2)14-7-5-6-9-19(14)11-13-10-18(3)17-16-13/h10,12,14-15H,4-9,11H2,1-3H3. The summed E-state index contributed by atoms with van der Waals surface area (Å²) < 4.78 is 1.78. The lowest BCUT2D eigenvalue weighted by molar-refractivity contribution is 0.110. The second kappa shape index (κ2) is 7.01. The fourth-order valence-electron chi connectivity index (χ4n) is 2.96. The van der Waals surface area contributed by atoms with Crippen LogP contribution in [0.3, 0.4) is 0 Å². The first kappa shape index (κ1) is 14.5. The van der Waals surface area contributed by atoms with Gasteiger partial charge in [0.15, 0.2) is 0 Å². The monoisotopic (exact) mass is 265 g/mol. The molecule has 0 amide bonds. The first-order valence-electron chi connectivity index (χ1n) is 7.53. The maximum absolute atomic E-state index is 4.22. The quantitative estimate of drug-likeness (QED) is 0.848. The highest BCUT2D eigenvalue weighted by Gasteiger charge is 2.27. The fourth-order valence-corrected chi connectivity index (χ4v) is 2.96. The van der Waals surface area contributed by atoms with Crippen molar-refractivity contribution in [1.82, 2.24) is 25.2 Å². The molecule has 1 fully saturated rings. The Hall–Kier alpha value is -0.940. The Bertz CT molecular complexity index is 376. The van der Waals surface area contributed by atoms with E-state index in [-0.39, 0.29) is 0 Å². The van der Waals surface area contributed by atoms with Gasteiger partial charge in [0, 0.05) is 31.9 Å². The van der Waals surface area contributed by atoms with Crippen LogP contribution in [0.5, 0.6) is 0 Å². The Labute approximate surface area is 116 Å². The van der Waals surface area contributed by atoms with E-state index in [2.05, 4.69) is 34.4 Å². The third-order valence-corrected chi connectivity index (χ3v) is 3.97. The first-order valence-corrected chi connectivity index (χ1v) is 7.53. The molecule has 1 aliphatic heterocycles. The third kappa shape index (κ3) is 4.01. The van der Waals surface area contributed by atoms with Crippen molar-refractivity contribution in [2.75, 3.05) is 13.1 Å². The van der Waals surface area contributed by atoms with E-state index in [4.69, 9.17) is 0 Å². The van der Waals surface area contributed by atoms with Crippen LogP contribution >= 0.6 is 0 Å². The van der Waals surface area contributed by atoms with Crippen molar-refractivity contribution in [2.45, 2.75) is 58.2 Å². The van der Waals surface area contributed by atoms with Gasteiger partial charge < -0.3 is 5.32 Å². The van der Waals surface area contributed by atoms with Gasteiger partial charge in [-0.15, -0.1) is 5.10 Å². The SMILES string of the molecule is CCCNC(C)C1CCCCN1Cc1cn(C)nn1. The second-order valence-electron chi connectivity index (χ2n) is 5.66. The number of piperidine rings is 1.